The number of nitrogens with zero attached hydrogens (tertiary/aromatic N) is 6. The Hall–Kier alpha value is -0.120. The van der Waals surface area contributed by atoms with Crippen molar-refractivity contribution < 1.29 is 4.79 Å². The number of hydrogen-bond acceptors (Lipinski definition) is 5. The molecule has 0 saturated heterocycles. The first kappa shape index (κ1) is 16.3. The van der Waals surface area contributed by atoms with Gasteiger partial charge in [-0.15, -0.1) is 5.10 Å². The molecule has 2 aromatic rings. The van der Waals surface area contributed by atoms with Crippen LogP contribution in [0.2, 0.25) is 0 Å². The number of rotatable bonds is 1. The van der Waals surface area contributed by atoms with Crippen LogP contribution in [0.5, 0.6) is 0 Å². The fourth-order valence-corrected chi connectivity index (χ4v) is 1.98. The van der Waals surface area contributed by atoms with Crippen molar-refractivity contribution in [2.45, 2.75) is 8.13 Å². The van der Waals surface area contributed by atoms with E-state index in [-0.39, 0.29) is 10.6 Å². The van der Waals surface area contributed by atoms with Crippen LogP contribution in [-0.4, -0.2) is 39.4 Å². The number of alkyl halides is 5. The van der Waals surface area contributed by atoms with Gasteiger partial charge in [0.05, 0.1) is 0 Å². The minimum Gasteiger partial charge on any atom is -0.243 e. The minimum absolute atomic E-state index is 0.0286. The number of carbonyl (C=O) groups excluding carboxylic acids is 1. The molecule has 0 aliphatic carbocycles. The van der Waals surface area contributed by atoms with Crippen molar-refractivity contribution in [3.63, 3.8) is 0 Å². The molecule has 0 spiro atoms. The maximum atomic E-state index is 12.2. The summed E-state index contributed by atoms with van der Waals surface area (Å²) in [5, 5.41) is 7.44. The summed E-state index contributed by atoms with van der Waals surface area (Å²) in [6, 6.07) is -0.754. The molecular formula is C7H2BrCl5N6O. The number of aromatic nitrogens is 6. The molecule has 0 aliphatic rings. The molecular weight excluding hydrogens is 441 g/mol. The van der Waals surface area contributed by atoms with E-state index in [1.165, 1.54) is 0 Å². The fourth-order valence-electron chi connectivity index (χ4n) is 1.15. The van der Waals surface area contributed by atoms with Gasteiger partial charge in [-0.2, -0.15) is 14.5 Å². The van der Waals surface area contributed by atoms with Gasteiger partial charge in [-0.3, -0.25) is 0 Å². The second-order valence-corrected chi connectivity index (χ2v) is 7.63. The molecule has 2 rings (SSSR count). The fraction of sp³-hybridized carbons (Fsp3) is 0.286. The van der Waals surface area contributed by atoms with Gasteiger partial charge < -0.3 is 0 Å². The average Bonchev–Trinajstić information content (AvgIpc) is 2.95. The Morgan fingerprint density at radius 1 is 1.25 bits per heavy atom. The van der Waals surface area contributed by atoms with Gasteiger partial charge in [-0.1, -0.05) is 58.0 Å². The van der Waals surface area contributed by atoms with Crippen LogP contribution in [0.4, 0.5) is 4.79 Å². The Kier molecular flexibility index (Phi) is 4.54. The van der Waals surface area contributed by atoms with E-state index in [0.717, 1.165) is 22.0 Å². The molecule has 2 aromatic heterocycles. The summed E-state index contributed by atoms with van der Waals surface area (Å²) >= 11 is 32.0. The van der Waals surface area contributed by atoms with Crippen LogP contribution >= 0.6 is 73.9 Å². The predicted molar refractivity (Wildman–Crippen MR) is 77.6 cm³/mol. The Balaban J connectivity index is 2.55. The third-order valence-electron chi connectivity index (χ3n) is 2.01. The van der Waals surface area contributed by atoms with Crippen molar-refractivity contribution in [3.8, 4) is 0 Å². The van der Waals surface area contributed by atoms with Gasteiger partial charge in [0, 0.05) is 0 Å². The second-order valence-electron chi connectivity index (χ2n) is 3.31. The van der Waals surface area contributed by atoms with Crippen LogP contribution in [0, 0.1) is 0 Å². The highest BCUT2D eigenvalue weighted by molar-refractivity contribution is 9.10. The molecule has 0 radical (unpaired) electrons. The van der Waals surface area contributed by atoms with E-state index >= 15 is 0 Å². The first-order valence-corrected chi connectivity index (χ1v) is 7.30. The zero-order chi connectivity index (χ0) is 15.1. The first-order chi connectivity index (χ1) is 9.14. The molecule has 0 saturated carbocycles. The highest BCUT2D eigenvalue weighted by Gasteiger charge is 2.52. The molecule has 20 heavy (non-hydrogen) atoms. The van der Waals surface area contributed by atoms with Crippen LogP contribution in [0.3, 0.4) is 0 Å². The molecule has 0 N–H and O–H groups in total. The van der Waals surface area contributed by atoms with Crippen molar-refractivity contribution in [1.29, 1.82) is 0 Å². The lowest BCUT2D eigenvalue weighted by Gasteiger charge is -2.25. The van der Waals surface area contributed by atoms with E-state index in [2.05, 4.69) is 36.1 Å². The molecule has 0 atom stereocenters. The van der Waals surface area contributed by atoms with E-state index in [9.17, 15) is 4.79 Å². The lowest BCUT2D eigenvalue weighted by molar-refractivity contribution is 0.237. The number of hydrogen-bond donors (Lipinski definition) is 0. The summed E-state index contributed by atoms with van der Waals surface area (Å²) in [6.45, 7) is 0. The topological polar surface area (TPSA) is 78.5 Å². The standard InChI is InChI=1S/C7H2BrCl5N6O/c8-4-16-3(6(9,10)7(11,12)13)19(17-4)5(20)18-2-14-1-15-18/h1-2H. The van der Waals surface area contributed by atoms with Crippen LogP contribution in [0.25, 0.3) is 0 Å². The summed E-state index contributed by atoms with van der Waals surface area (Å²) in [7, 11) is 0. The SMILES string of the molecule is O=C(n1cncn1)n1nc(Br)nc1C(Cl)(Cl)C(Cl)(Cl)Cl. The highest BCUT2D eigenvalue weighted by atomic mass is 79.9. The van der Waals surface area contributed by atoms with Gasteiger partial charge in [0.25, 0.3) is 0 Å². The van der Waals surface area contributed by atoms with E-state index in [4.69, 9.17) is 58.0 Å². The van der Waals surface area contributed by atoms with Gasteiger partial charge in [0.15, 0.2) is 5.82 Å². The highest BCUT2D eigenvalue weighted by Crippen LogP contribution is 2.52. The molecule has 0 bridgehead atoms. The van der Waals surface area contributed by atoms with Gasteiger partial charge in [-0.25, -0.2) is 14.8 Å². The van der Waals surface area contributed by atoms with Crippen molar-refractivity contribution in [2.75, 3.05) is 0 Å². The largest absolute Gasteiger partial charge is 0.372 e. The molecule has 13 heteroatoms. The summed E-state index contributed by atoms with van der Waals surface area (Å²) in [5.41, 5.74) is 0. The van der Waals surface area contributed by atoms with Gasteiger partial charge in [0.2, 0.25) is 12.9 Å². The third-order valence-corrected chi connectivity index (χ3v) is 4.69. The van der Waals surface area contributed by atoms with E-state index in [0.29, 0.717) is 0 Å². The van der Waals surface area contributed by atoms with Crippen LogP contribution < -0.4 is 0 Å². The van der Waals surface area contributed by atoms with Crippen molar-refractivity contribution in [1.82, 2.24) is 29.5 Å². The minimum atomic E-state index is -2.15. The Morgan fingerprint density at radius 3 is 2.40 bits per heavy atom. The molecule has 0 fully saturated rings. The van der Waals surface area contributed by atoms with Gasteiger partial charge >= 0.3 is 6.03 Å². The zero-order valence-corrected chi connectivity index (χ0v) is 14.4. The van der Waals surface area contributed by atoms with Crippen LogP contribution in [0.1, 0.15) is 5.82 Å². The molecule has 0 unspecified atom stereocenters. The normalized spacial score (nSPS) is 12.7. The Labute approximate surface area is 145 Å². The number of carbonyl (C=O) groups is 1. The molecule has 0 aromatic carbocycles. The summed E-state index contributed by atoms with van der Waals surface area (Å²) < 4.78 is -2.61. The van der Waals surface area contributed by atoms with Gasteiger partial charge in [0.1, 0.15) is 12.7 Å². The lowest BCUT2D eigenvalue weighted by Crippen LogP contribution is -2.35. The lowest BCUT2D eigenvalue weighted by atomic mass is 10.4. The van der Waals surface area contributed by atoms with Crippen LogP contribution in [0.15, 0.2) is 17.4 Å². The van der Waals surface area contributed by atoms with Crippen molar-refractivity contribution in [3.05, 3.63) is 23.2 Å². The van der Waals surface area contributed by atoms with E-state index < -0.39 is 14.2 Å². The first-order valence-electron chi connectivity index (χ1n) is 4.61. The third kappa shape index (κ3) is 2.90. The second kappa shape index (κ2) is 5.58. The van der Waals surface area contributed by atoms with Crippen molar-refractivity contribution >= 4 is 80.0 Å². The zero-order valence-electron chi connectivity index (χ0n) is 9.01. The molecule has 0 amide bonds. The Bertz CT molecular complexity index is 635. The predicted octanol–water partition coefficient (Wildman–Crippen LogP) is 3.15. The maximum absolute atomic E-state index is 12.2. The average molecular weight is 443 g/mol. The quantitative estimate of drug-likeness (QED) is 0.633. The monoisotopic (exact) mass is 440 g/mol. The molecule has 2 heterocycles. The maximum Gasteiger partial charge on any atom is 0.372 e. The van der Waals surface area contributed by atoms with Crippen molar-refractivity contribution in [2.24, 2.45) is 0 Å². The van der Waals surface area contributed by atoms with E-state index in [1.54, 1.807) is 0 Å². The van der Waals surface area contributed by atoms with Gasteiger partial charge in [-0.05, 0) is 15.9 Å². The Morgan fingerprint density at radius 2 is 1.90 bits per heavy atom. The number of halogens is 6. The van der Waals surface area contributed by atoms with E-state index in [1.807, 2.05) is 0 Å². The molecule has 0 aliphatic heterocycles. The molecule has 7 nitrogen and oxygen atoms in total. The smallest absolute Gasteiger partial charge is 0.243 e. The summed E-state index contributed by atoms with van der Waals surface area (Å²) in [6.07, 6.45) is 2.31. The molecule has 108 valence electrons. The van der Waals surface area contributed by atoms with Crippen LogP contribution in [-0.2, 0) is 4.33 Å². The summed E-state index contributed by atoms with van der Waals surface area (Å²) in [5.74, 6) is -0.284. The summed E-state index contributed by atoms with van der Waals surface area (Å²) in [4.78, 5) is 19.6.